The smallest absolute Gasteiger partial charge is 0.379 e. The Morgan fingerprint density at radius 2 is 1.84 bits per heavy atom. The molecule has 104 valence electrons. The zero-order valence-corrected chi connectivity index (χ0v) is 12.0. The van der Waals surface area contributed by atoms with Crippen LogP contribution in [-0.4, -0.2) is 23.5 Å². The van der Waals surface area contributed by atoms with Gasteiger partial charge in [0.2, 0.25) is 0 Å². The summed E-state index contributed by atoms with van der Waals surface area (Å²) in [5.74, 6) is -1.41. The average molecular weight is 264 g/mol. The first-order valence-corrected chi connectivity index (χ1v) is 6.24. The number of hydrogen-bond donors (Lipinski definition) is 1. The highest BCUT2D eigenvalue weighted by atomic mass is 16.5. The van der Waals surface area contributed by atoms with Crippen LogP contribution in [0.2, 0.25) is 0 Å². The van der Waals surface area contributed by atoms with E-state index in [0.717, 1.165) is 0 Å². The van der Waals surface area contributed by atoms with Gasteiger partial charge in [-0.05, 0) is 42.5 Å². The number of hydrogen-bond acceptors (Lipinski definition) is 4. The molecule has 4 heteroatoms. The highest BCUT2D eigenvalue weighted by Gasteiger charge is 2.25. The van der Waals surface area contributed by atoms with Crippen molar-refractivity contribution in [1.82, 2.24) is 0 Å². The molecule has 19 heavy (non-hydrogen) atoms. The van der Waals surface area contributed by atoms with Crippen molar-refractivity contribution in [2.45, 2.75) is 40.0 Å². The van der Waals surface area contributed by atoms with Gasteiger partial charge in [-0.15, -0.1) is 0 Å². The molecule has 0 aliphatic rings. The van der Waals surface area contributed by atoms with Crippen molar-refractivity contribution in [3.63, 3.8) is 0 Å². The molecule has 0 heterocycles. The predicted octanol–water partition coefficient (Wildman–Crippen LogP) is 2.74. The summed E-state index contributed by atoms with van der Waals surface area (Å²) in [5.41, 5.74) is 1.15. The quantitative estimate of drug-likeness (QED) is 0.518. The van der Waals surface area contributed by atoms with E-state index in [1.54, 1.807) is 19.9 Å². The molecule has 0 aliphatic carbocycles. The lowest BCUT2D eigenvalue weighted by molar-refractivity contribution is -0.137. The molecule has 4 nitrogen and oxygen atoms in total. The maximum absolute atomic E-state index is 12.0. The summed E-state index contributed by atoms with van der Waals surface area (Å²) in [6.45, 7) is 9.27. The van der Waals surface area contributed by atoms with Crippen LogP contribution in [0.5, 0.6) is 5.75 Å². The van der Waals surface area contributed by atoms with E-state index in [9.17, 15) is 14.7 Å². The average Bonchev–Trinajstić information content (AvgIpc) is 2.26. The fourth-order valence-electron chi connectivity index (χ4n) is 1.84. The van der Waals surface area contributed by atoms with Crippen LogP contribution in [0.15, 0.2) is 12.1 Å². The van der Waals surface area contributed by atoms with E-state index in [4.69, 9.17) is 4.74 Å². The lowest BCUT2D eigenvalue weighted by atomic mass is 9.84. The van der Waals surface area contributed by atoms with Crippen LogP contribution >= 0.6 is 0 Å². The number of ketones is 1. The van der Waals surface area contributed by atoms with Gasteiger partial charge in [0.25, 0.3) is 5.78 Å². The second-order valence-electron chi connectivity index (χ2n) is 5.48. The maximum Gasteiger partial charge on any atom is 0.379 e. The third-order valence-electron chi connectivity index (χ3n) is 2.86. The minimum absolute atomic E-state index is 0.130. The second-order valence-corrected chi connectivity index (χ2v) is 5.48. The second kappa shape index (κ2) is 5.43. The number of aryl methyl sites for hydroxylation is 1. The monoisotopic (exact) mass is 264 g/mol. The van der Waals surface area contributed by atoms with Crippen LogP contribution in [0.1, 0.15) is 49.2 Å². The first-order chi connectivity index (χ1) is 8.68. The van der Waals surface area contributed by atoms with E-state index in [0.29, 0.717) is 11.1 Å². The topological polar surface area (TPSA) is 63.6 Å². The molecule has 0 aromatic heterocycles. The summed E-state index contributed by atoms with van der Waals surface area (Å²) in [7, 11) is 0. The molecule has 0 unspecified atom stereocenters. The first-order valence-electron chi connectivity index (χ1n) is 6.24. The van der Waals surface area contributed by atoms with Gasteiger partial charge in [-0.1, -0.05) is 20.8 Å². The van der Waals surface area contributed by atoms with Gasteiger partial charge in [-0.2, -0.15) is 0 Å². The number of aromatic hydroxyl groups is 1. The van der Waals surface area contributed by atoms with Crippen LogP contribution in [0.3, 0.4) is 0 Å². The van der Waals surface area contributed by atoms with Gasteiger partial charge in [-0.25, -0.2) is 4.79 Å². The fourth-order valence-corrected chi connectivity index (χ4v) is 1.84. The van der Waals surface area contributed by atoms with Crippen LogP contribution in [-0.2, 0) is 14.9 Å². The zero-order valence-electron chi connectivity index (χ0n) is 12.0. The maximum atomic E-state index is 12.0. The number of esters is 1. The number of Topliss-reactive ketones (excluding diaryl/α,β-unsaturated/α-hetero) is 1. The third kappa shape index (κ3) is 3.34. The first kappa shape index (κ1) is 15.2. The molecule has 0 amide bonds. The fraction of sp³-hybridized carbons (Fsp3) is 0.467. The number of carbonyl (C=O) groups is 2. The Hall–Kier alpha value is -1.84. The Kier molecular flexibility index (Phi) is 4.35. The molecule has 1 aromatic rings. The summed E-state index contributed by atoms with van der Waals surface area (Å²) < 4.78 is 4.72. The minimum Gasteiger partial charge on any atom is -0.508 e. The highest BCUT2D eigenvalue weighted by molar-refractivity contribution is 6.41. The van der Waals surface area contributed by atoms with E-state index < -0.39 is 11.8 Å². The van der Waals surface area contributed by atoms with Gasteiger partial charge in [0, 0.05) is 5.56 Å². The molecule has 1 aromatic carbocycles. The molecule has 0 atom stereocenters. The molecular formula is C15H20O4. The van der Waals surface area contributed by atoms with Crippen molar-refractivity contribution in [1.29, 1.82) is 0 Å². The molecule has 1 N–H and O–H groups in total. The molecule has 0 aliphatic heterocycles. The molecular weight excluding hydrogens is 244 g/mol. The Morgan fingerprint density at radius 3 is 2.32 bits per heavy atom. The van der Waals surface area contributed by atoms with Gasteiger partial charge in [0.15, 0.2) is 0 Å². The van der Waals surface area contributed by atoms with Crippen LogP contribution in [0, 0.1) is 6.92 Å². The minimum atomic E-state index is -0.865. The highest BCUT2D eigenvalue weighted by Crippen LogP contribution is 2.33. The Morgan fingerprint density at radius 1 is 1.26 bits per heavy atom. The van der Waals surface area contributed by atoms with Gasteiger partial charge >= 0.3 is 5.97 Å². The van der Waals surface area contributed by atoms with E-state index in [1.807, 2.05) is 20.8 Å². The number of phenolic OH excluding ortho intramolecular Hbond substituents is 1. The standard InChI is InChI=1S/C15H20O4/c1-6-19-14(18)13(17)10-8-11(15(3,4)5)12(16)7-9(10)2/h7-8,16H,6H2,1-5H3. The van der Waals surface area contributed by atoms with Crippen LogP contribution in [0.4, 0.5) is 0 Å². The summed E-state index contributed by atoms with van der Waals surface area (Å²) in [5, 5.41) is 9.95. The summed E-state index contributed by atoms with van der Waals surface area (Å²) in [6.07, 6.45) is 0. The van der Waals surface area contributed by atoms with Crippen molar-refractivity contribution >= 4 is 11.8 Å². The largest absolute Gasteiger partial charge is 0.508 e. The molecule has 0 saturated carbocycles. The molecule has 0 saturated heterocycles. The molecule has 0 spiro atoms. The van der Waals surface area contributed by atoms with Gasteiger partial charge in [0.05, 0.1) is 6.61 Å². The van der Waals surface area contributed by atoms with Crippen molar-refractivity contribution in [2.75, 3.05) is 6.61 Å². The van der Waals surface area contributed by atoms with Gasteiger partial charge < -0.3 is 9.84 Å². The molecule has 1 rings (SSSR count). The Labute approximate surface area is 113 Å². The zero-order chi connectivity index (χ0) is 14.8. The van der Waals surface area contributed by atoms with E-state index >= 15 is 0 Å². The number of carbonyl (C=O) groups excluding carboxylic acids is 2. The van der Waals surface area contributed by atoms with E-state index in [-0.39, 0.29) is 23.3 Å². The SMILES string of the molecule is CCOC(=O)C(=O)c1cc(C(C)(C)C)c(O)cc1C. The van der Waals surface area contributed by atoms with E-state index in [1.165, 1.54) is 6.07 Å². The van der Waals surface area contributed by atoms with Gasteiger partial charge in [-0.3, -0.25) is 4.79 Å². The van der Waals surface area contributed by atoms with Crippen LogP contribution < -0.4 is 0 Å². The lowest BCUT2D eigenvalue weighted by Gasteiger charge is -2.21. The van der Waals surface area contributed by atoms with Crippen LogP contribution in [0.25, 0.3) is 0 Å². The van der Waals surface area contributed by atoms with Crippen molar-refractivity contribution in [3.8, 4) is 5.75 Å². The molecule has 0 bridgehead atoms. The van der Waals surface area contributed by atoms with Gasteiger partial charge in [0.1, 0.15) is 5.75 Å². The normalized spacial score (nSPS) is 11.2. The summed E-state index contributed by atoms with van der Waals surface area (Å²) in [4.78, 5) is 23.5. The Bertz CT molecular complexity index is 510. The summed E-state index contributed by atoms with van der Waals surface area (Å²) >= 11 is 0. The summed E-state index contributed by atoms with van der Waals surface area (Å²) in [6, 6.07) is 3.08. The van der Waals surface area contributed by atoms with Crippen molar-refractivity contribution in [3.05, 3.63) is 28.8 Å². The van der Waals surface area contributed by atoms with E-state index in [2.05, 4.69) is 0 Å². The van der Waals surface area contributed by atoms with Crippen molar-refractivity contribution < 1.29 is 19.4 Å². The number of ether oxygens (including phenoxy) is 1. The number of rotatable bonds is 3. The molecule has 0 fully saturated rings. The molecule has 0 radical (unpaired) electrons. The lowest BCUT2D eigenvalue weighted by Crippen LogP contribution is -2.20. The third-order valence-corrected chi connectivity index (χ3v) is 2.86. The van der Waals surface area contributed by atoms with Crippen molar-refractivity contribution in [2.24, 2.45) is 0 Å². The number of benzene rings is 1. The Balaban J connectivity index is 3.30. The number of phenols is 1. The predicted molar refractivity (Wildman–Crippen MR) is 72.5 cm³/mol.